The zero-order chi connectivity index (χ0) is 21.8. The first-order valence-corrected chi connectivity index (χ1v) is 9.00. The molecule has 10 heteroatoms. The lowest BCUT2D eigenvalue weighted by Gasteiger charge is -2.11. The number of nitrogens with one attached hydrogen (secondary N) is 1. The summed E-state index contributed by atoms with van der Waals surface area (Å²) < 4.78 is 43.8. The number of benzene rings is 1. The van der Waals surface area contributed by atoms with E-state index in [1.807, 2.05) is 6.07 Å². The van der Waals surface area contributed by atoms with E-state index in [0.717, 1.165) is 17.8 Å². The summed E-state index contributed by atoms with van der Waals surface area (Å²) in [6, 6.07) is 14.2. The molecule has 4 aromatic rings. The maximum atomic E-state index is 12.8. The molecule has 3 aromatic heterocycles. The molecule has 3 heterocycles. The van der Waals surface area contributed by atoms with Gasteiger partial charge in [0.1, 0.15) is 23.0 Å². The van der Waals surface area contributed by atoms with Crippen LogP contribution in [0.15, 0.2) is 73.2 Å². The fourth-order valence-corrected chi connectivity index (χ4v) is 2.71. The van der Waals surface area contributed by atoms with Crippen molar-refractivity contribution >= 4 is 17.5 Å². The van der Waals surface area contributed by atoms with Crippen molar-refractivity contribution in [3.63, 3.8) is 0 Å². The molecule has 0 spiro atoms. The van der Waals surface area contributed by atoms with Gasteiger partial charge in [-0.2, -0.15) is 18.2 Å². The quantitative estimate of drug-likeness (QED) is 0.461. The summed E-state index contributed by atoms with van der Waals surface area (Å²) >= 11 is 0. The third kappa shape index (κ3) is 5.04. The van der Waals surface area contributed by atoms with Gasteiger partial charge in [0.25, 0.3) is 0 Å². The average Bonchev–Trinajstić information content (AvgIpc) is 2.75. The minimum atomic E-state index is -4.54. The number of nitrogens with two attached hydrogens (primary N) is 1. The van der Waals surface area contributed by atoms with E-state index in [-0.39, 0.29) is 11.7 Å². The van der Waals surface area contributed by atoms with Gasteiger partial charge >= 0.3 is 6.18 Å². The van der Waals surface area contributed by atoms with Crippen molar-refractivity contribution < 1.29 is 17.9 Å². The van der Waals surface area contributed by atoms with Crippen LogP contribution in [0.25, 0.3) is 11.3 Å². The highest BCUT2D eigenvalue weighted by Crippen LogP contribution is 2.31. The number of hydrogen-bond donors (Lipinski definition) is 2. The Morgan fingerprint density at radius 1 is 0.903 bits per heavy atom. The minimum Gasteiger partial charge on any atom is -0.457 e. The first-order valence-electron chi connectivity index (χ1n) is 9.00. The number of halogens is 3. The van der Waals surface area contributed by atoms with Gasteiger partial charge in [-0.3, -0.25) is 9.97 Å². The lowest BCUT2D eigenvalue weighted by atomic mass is 10.2. The summed E-state index contributed by atoms with van der Waals surface area (Å²) in [5.74, 6) is 0.974. The van der Waals surface area contributed by atoms with E-state index in [4.69, 9.17) is 10.5 Å². The Hall–Kier alpha value is -4.21. The number of hydrogen-bond acceptors (Lipinski definition) is 7. The largest absolute Gasteiger partial charge is 0.457 e. The molecule has 0 unspecified atom stereocenters. The van der Waals surface area contributed by atoms with Crippen LogP contribution in [0.5, 0.6) is 11.5 Å². The summed E-state index contributed by atoms with van der Waals surface area (Å²) in [5.41, 5.74) is 6.87. The Morgan fingerprint density at radius 2 is 1.71 bits per heavy atom. The number of pyridine rings is 2. The number of rotatable bonds is 5. The third-order valence-corrected chi connectivity index (χ3v) is 4.09. The van der Waals surface area contributed by atoms with Gasteiger partial charge in [-0.15, -0.1) is 0 Å². The molecule has 3 N–H and O–H groups in total. The third-order valence-electron chi connectivity index (χ3n) is 4.09. The molecule has 0 amide bonds. The SMILES string of the molecule is Nc1nc(Nc2ccc(Oc3ccnc(C(F)(F)F)c3)cc2)cc(-c2cccnc2)n1. The zero-order valence-corrected chi connectivity index (χ0v) is 15.8. The maximum Gasteiger partial charge on any atom is 0.433 e. The molecule has 1 aromatic carbocycles. The molecule has 0 saturated carbocycles. The Kier molecular flexibility index (Phi) is 5.35. The molecule has 0 aliphatic heterocycles. The predicted molar refractivity (Wildman–Crippen MR) is 109 cm³/mol. The van der Waals surface area contributed by atoms with E-state index in [0.29, 0.717) is 22.9 Å². The summed E-state index contributed by atoms with van der Waals surface area (Å²) in [4.78, 5) is 15.8. The molecule has 0 saturated heterocycles. The number of nitrogen functional groups attached to an aromatic ring is 1. The Morgan fingerprint density at radius 3 is 2.42 bits per heavy atom. The monoisotopic (exact) mass is 424 g/mol. The second-order valence-electron chi connectivity index (χ2n) is 6.36. The van der Waals surface area contributed by atoms with E-state index in [2.05, 4.69) is 25.3 Å². The molecule has 0 aliphatic rings. The Bertz CT molecular complexity index is 1180. The average molecular weight is 424 g/mol. The van der Waals surface area contributed by atoms with Gasteiger partial charge < -0.3 is 15.8 Å². The van der Waals surface area contributed by atoms with Gasteiger partial charge in [0.05, 0.1) is 5.69 Å². The summed E-state index contributed by atoms with van der Waals surface area (Å²) in [5, 5.41) is 3.11. The van der Waals surface area contributed by atoms with Gasteiger partial charge in [-0.1, -0.05) is 0 Å². The second-order valence-corrected chi connectivity index (χ2v) is 6.36. The summed E-state index contributed by atoms with van der Waals surface area (Å²) in [6.45, 7) is 0. The fourth-order valence-electron chi connectivity index (χ4n) is 2.71. The number of aromatic nitrogens is 4. The van der Waals surface area contributed by atoms with E-state index < -0.39 is 11.9 Å². The minimum absolute atomic E-state index is 0.0349. The maximum absolute atomic E-state index is 12.8. The van der Waals surface area contributed by atoms with E-state index >= 15 is 0 Å². The van der Waals surface area contributed by atoms with Crippen LogP contribution in [0, 0.1) is 0 Å². The van der Waals surface area contributed by atoms with Gasteiger partial charge in [-0.25, -0.2) is 4.98 Å². The van der Waals surface area contributed by atoms with Crippen molar-refractivity contribution in [2.45, 2.75) is 6.18 Å². The van der Waals surface area contributed by atoms with Gasteiger partial charge in [0, 0.05) is 42.0 Å². The topological polar surface area (TPSA) is 98.8 Å². The summed E-state index contributed by atoms with van der Waals surface area (Å²) in [7, 11) is 0. The highest BCUT2D eigenvalue weighted by Gasteiger charge is 2.32. The molecular formula is C21H15F3N6O. The molecule has 0 radical (unpaired) electrons. The van der Waals surface area contributed by atoms with Crippen LogP contribution < -0.4 is 15.8 Å². The van der Waals surface area contributed by atoms with Crippen molar-refractivity contribution in [3.05, 3.63) is 78.9 Å². The first-order chi connectivity index (χ1) is 14.9. The van der Waals surface area contributed by atoms with Gasteiger partial charge in [0.2, 0.25) is 5.95 Å². The predicted octanol–water partition coefficient (Wildman–Crippen LogP) is 5.07. The van der Waals surface area contributed by atoms with Gasteiger partial charge in [-0.05, 0) is 42.5 Å². The van der Waals surface area contributed by atoms with Crippen LogP contribution in [0.3, 0.4) is 0 Å². The molecule has 0 bridgehead atoms. The highest BCUT2D eigenvalue weighted by atomic mass is 19.4. The van der Waals surface area contributed by atoms with E-state index in [1.54, 1.807) is 48.8 Å². The Balaban J connectivity index is 1.49. The molecule has 7 nitrogen and oxygen atoms in total. The van der Waals surface area contributed by atoms with Crippen molar-refractivity contribution in [1.82, 2.24) is 19.9 Å². The first kappa shape index (κ1) is 20.1. The molecule has 0 atom stereocenters. The van der Waals surface area contributed by atoms with Crippen LogP contribution in [0.4, 0.5) is 30.6 Å². The van der Waals surface area contributed by atoms with Crippen LogP contribution in [0.2, 0.25) is 0 Å². The van der Waals surface area contributed by atoms with Crippen molar-refractivity contribution in [1.29, 1.82) is 0 Å². The lowest BCUT2D eigenvalue weighted by molar-refractivity contribution is -0.141. The zero-order valence-electron chi connectivity index (χ0n) is 15.8. The van der Waals surface area contributed by atoms with Crippen LogP contribution in [-0.4, -0.2) is 19.9 Å². The fraction of sp³-hybridized carbons (Fsp3) is 0.0476. The molecular weight excluding hydrogens is 409 g/mol. The molecule has 31 heavy (non-hydrogen) atoms. The second kappa shape index (κ2) is 8.27. The van der Waals surface area contributed by atoms with Gasteiger partial charge in [0.15, 0.2) is 0 Å². The Labute approximate surface area is 174 Å². The molecule has 4 rings (SSSR count). The number of nitrogens with zero attached hydrogens (tertiary/aromatic N) is 4. The molecule has 0 aliphatic carbocycles. The highest BCUT2D eigenvalue weighted by molar-refractivity contribution is 5.66. The number of anilines is 3. The van der Waals surface area contributed by atoms with E-state index in [9.17, 15) is 13.2 Å². The van der Waals surface area contributed by atoms with Crippen LogP contribution in [-0.2, 0) is 6.18 Å². The van der Waals surface area contributed by atoms with Crippen LogP contribution >= 0.6 is 0 Å². The summed E-state index contributed by atoms with van der Waals surface area (Å²) in [6.07, 6.45) is -0.164. The standard InChI is InChI=1S/C21H15F3N6O/c22-21(23,24)18-10-16(7-9-27-18)31-15-5-3-14(4-6-15)28-19-11-17(29-20(25)30-19)13-2-1-8-26-12-13/h1-12H,(H3,25,28,29,30). The number of alkyl halides is 3. The molecule has 156 valence electrons. The normalized spacial score (nSPS) is 11.2. The lowest BCUT2D eigenvalue weighted by Crippen LogP contribution is -2.07. The van der Waals surface area contributed by atoms with Crippen molar-refractivity contribution in [2.75, 3.05) is 11.1 Å². The van der Waals surface area contributed by atoms with E-state index in [1.165, 1.54) is 6.07 Å². The number of ether oxygens (including phenoxy) is 1. The van der Waals surface area contributed by atoms with Crippen molar-refractivity contribution in [2.24, 2.45) is 0 Å². The van der Waals surface area contributed by atoms with Crippen molar-refractivity contribution in [3.8, 4) is 22.8 Å². The molecule has 0 fully saturated rings. The van der Waals surface area contributed by atoms with Crippen LogP contribution in [0.1, 0.15) is 5.69 Å². The smallest absolute Gasteiger partial charge is 0.433 e.